The summed E-state index contributed by atoms with van der Waals surface area (Å²) < 4.78 is 33.7. The van der Waals surface area contributed by atoms with Crippen LogP contribution in [-0.2, 0) is 4.79 Å². The molecule has 0 radical (unpaired) electrons. The van der Waals surface area contributed by atoms with Gasteiger partial charge in [-0.1, -0.05) is 23.8 Å². The lowest BCUT2D eigenvalue weighted by Gasteiger charge is -2.35. The molecule has 1 amide bonds. The number of carbonyl (C=O) groups is 2. The first-order chi connectivity index (χ1) is 16.6. The van der Waals surface area contributed by atoms with Crippen molar-refractivity contribution in [3.63, 3.8) is 0 Å². The molecule has 4 rings (SSSR count). The lowest BCUT2D eigenvalue weighted by Crippen LogP contribution is -2.38. The van der Waals surface area contributed by atoms with Gasteiger partial charge in [0, 0.05) is 36.3 Å². The van der Waals surface area contributed by atoms with Crippen molar-refractivity contribution in [1.82, 2.24) is 14.7 Å². The topological polar surface area (TPSA) is 87.5 Å². The summed E-state index contributed by atoms with van der Waals surface area (Å²) in [6.45, 7) is 3.39. The zero-order valence-electron chi connectivity index (χ0n) is 19.0. The molecule has 1 saturated heterocycles. The highest BCUT2D eigenvalue weighted by molar-refractivity contribution is 6.30. The minimum atomic E-state index is -5.08. The van der Waals surface area contributed by atoms with Gasteiger partial charge in [-0.2, -0.15) is 18.3 Å². The van der Waals surface area contributed by atoms with Gasteiger partial charge >= 0.3 is 12.1 Å². The van der Waals surface area contributed by atoms with Gasteiger partial charge in [-0.15, -0.1) is 0 Å². The second-order valence-corrected chi connectivity index (χ2v) is 9.04. The van der Waals surface area contributed by atoms with E-state index < -0.39 is 12.1 Å². The van der Waals surface area contributed by atoms with Crippen LogP contribution in [0.1, 0.15) is 48.5 Å². The number of carbonyl (C=O) groups excluding carboxylic acids is 1. The molecule has 1 fully saturated rings. The van der Waals surface area contributed by atoms with Gasteiger partial charge in [0.15, 0.2) is 0 Å². The Bertz CT molecular complexity index is 1020. The molecule has 1 aliphatic heterocycles. The molecular weight excluding hydrogens is 485 g/mol. The zero-order valence-corrected chi connectivity index (χ0v) is 19.8. The van der Waals surface area contributed by atoms with E-state index >= 15 is 0 Å². The van der Waals surface area contributed by atoms with Crippen LogP contribution in [0, 0.1) is 5.92 Å². The molecule has 0 bridgehead atoms. The predicted molar refractivity (Wildman–Crippen MR) is 127 cm³/mol. The second-order valence-electron chi connectivity index (χ2n) is 8.61. The molecule has 0 saturated carbocycles. The van der Waals surface area contributed by atoms with Crippen molar-refractivity contribution in [1.29, 1.82) is 0 Å². The van der Waals surface area contributed by atoms with Gasteiger partial charge in [0.25, 0.3) is 5.91 Å². The number of hydrogen-bond acceptors (Lipinski definition) is 4. The van der Waals surface area contributed by atoms with Crippen molar-refractivity contribution in [2.24, 2.45) is 5.92 Å². The van der Waals surface area contributed by atoms with Crippen LogP contribution in [0.3, 0.4) is 0 Å². The number of aromatic nitrogens is 2. The van der Waals surface area contributed by atoms with Crippen LogP contribution in [-0.4, -0.2) is 57.5 Å². The summed E-state index contributed by atoms with van der Waals surface area (Å²) in [5.74, 6) is -1.33. The molecular formula is C24H28ClF3N4O3. The molecule has 1 unspecified atom stereocenters. The molecule has 1 aliphatic carbocycles. The number of carboxylic acid groups (broad SMARTS) is 1. The van der Waals surface area contributed by atoms with Crippen molar-refractivity contribution in [3.05, 3.63) is 59.3 Å². The highest BCUT2D eigenvalue weighted by Gasteiger charge is 2.38. The van der Waals surface area contributed by atoms with E-state index in [0.717, 1.165) is 37.7 Å². The first kappa shape index (κ1) is 26.7. The van der Waals surface area contributed by atoms with Crippen LogP contribution in [0.5, 0.6) is 0 Å². The van der Waals surface area contributed by atoms with E-state index in [4.69, 9.17) is 21.5 Å². The van der Waals surface area contributed by atoms with Crippen LogP contribution in [0.15, 0.2) is 48.7 Å². The Balaban J connectivity index is 0.000000429. The van der Waals surface area contributed by atoms with E-state index in [9.17, 15) is 18.0 Å². The standard InChI is InChI=1S/C22H27ClN4O.C2HF3O2/c23-19-8-6-18(7-9-19)22(28)25-21-10-13-24-27(21)20-11-14-26(15-12-20)16-17-4-2-1-3-5-17;3-2(4,5)1(6)7/h1-2,6-10,13,17,20H,3-5,11-12,14-16H2,(H,25,28);(H,6,7). The van der Waals surface area contributed by atoms with Crippen molar-refractivity contribution < 1.29 is 27.9 Å². The maximum atomic E-state index is 12.5. The van der Waals surface area contributed by atoms with Crippen LogP contribution >= 0.6 is 11.6 Å². The van der Waals surface area contributed by atoms with E-state index in [1.807, 2.05) is 10.7 Å². The Hall–Kier alpha value is -2.85. The zero-order chi connectivity index (χ0) is 25.4. The Morgan fingerprint density at radius 1 is 1.09 bits per heavy atom. The molecule has 7 nitrogen and oxygen atoms in total. The van der Waals surface area contributed by atoms with Gasteiger partial charge in [0.05, 0.1) is 12.2 Å². The molecule has 35 heavy (non-hydrogen) atoms. The average molecular weight is 513 g/mol. The Morgan fingerprint density at radius 3 is 2.31 bits per heavy atom. The monoisotopic (exact) mass is 512 g/mol. The molecule has 2 N–H and O–H groups in total. The number of benzene rings is 1. The number of piperidine rings is 1. The fourth-order valence-electron chi connectivity index (χ4n) is 4.23. The van der Waals surface area contributed by atoms with E-state index in [-0.39, 0.29) is 5.91 Å². The normalized spacial score (nSPS) is 19.0. The average Bonchev–Trinajstić information content (AvgIpc) is 3.28. The first-order valence-electron chi connectivity index (χ1n) is 11.4. The van der Waals surface area contributed by atoms with E-state index in [1.54, 1.807) is 30.5 Å². The van der Waals surface area contributed by atoms with Crippen LogP contribution in [0.2, 0.25) is 5.02 Å². The molecule has 1 aromatic heterocycles. The molecule has 1 atom stereocenters. The summed E-state index contributed by atoms with van der Waals surface area (Å²) in [6.07, 6.45) is 7.21. The van der Waals surface area contributed by atoms with E-state index in [1.165, 1.54) is 25.8 Å². The lowest BCUT2D eigenvalue weighted by atomic mass is 9.93. The van der Waals surface area contributed by atoms with Gasteiger partial charge in [-0.05, 0) is 62.3 Å². The summed E-state index contributed by atoms with van der Waals surface area (Å²) in [7, 11) is 0. The first-order valence-corrected chi connectivity index (χ1v) is 11.8. The number of rotatable bonds is 5. The molecule has 2 aromatic rings. The van der Waals surface area contributed by atoms with Gasteiger partial charge in [0.1, 0.15) is 5.82 Å². The maximum absolute atomic E-state index is 12.5. The van der Waals surface area contributed by atoms with Gasteiger partial charge < -0.3 is 15.3 Å². The number of anilines is 1. The predicted octanol–water partition coefficient (Wildman–Crippen LogP) is 5.42. The van der Waals surface area contributed by atoms with Crippen LogP contribution in [0.4, 0.5) is 19.0 Å². The van der Waals surface area contributed by atoms with Gasteiger partial charge in [-0.25, -0.2) is 9.48 Å². The third-order valence-corrected chi connectivity index (χ3v) is 6.31. The fraction of sp³-hybridized carbons (Fsp3) is 0.458. The quantitative estimate of drug-likeness (QED) is 0.523. The molecule has 2 aliphatic rings. The number of alkyl halides is 3. The number of likely N-dealkylation sites (tertiary alicyclic amines) is 1. The Labute approximate surface area is 206 Å². The highest BCUT2D eigenvalue weighted by atomic mass is 35.5. The van der Waals surface area contributed by atoms with Gasteiger partial charge in [0.2, 0.25) is 0 Å². The highest BCUT2D eigenvalue weighted by Crippen LogP contribution is 2.28. The largest absolute Gasteiger partial charge is 0.490 e. The number of nitrogens with one attached hydrogen (secondary N) is 1. The van der Waals surface area contributed by atoms with Crippen LogP contribution < -0.4 is 5.32 Å². The maximum Gasteiger partial charge on any atom is 0.490 e. The summed E-state index contributed by atoms with van der Waals surface area (Å²) >= 11 is 5.91. The number of hydrogen-bond donors (Lipinski definition) is 2. The number of carboxylic acids is 1. The number of amides is 1. The van der Waals surface area contributed by atoms with Crippen LogP contribution in [0.25, 0.3) is 0 Å². The summed E-state index contributed by atoms with van der Waals surface area (Å²) in [5, 5.41) is 15.2. The minimum Gasteiger partial charge on any atom is -0.475 e. The number of allylic oxidation sites excluding steroid dienone is 2. The van der Waals surface area contributed by atoms with Crippen molar-refractivity contribution in [2.45, 2.75) is 44.3 Å². The lowest BCUT2D eigenvalue weighted by molar-refractivity contribution is -0.192. The summed E-state index contributed by atoms with van der Waals surface area (Å²) in [6, 6.07) is 9.12. The number of nitrogens with zero attached hydrogens (tertiary/aromatic N) is 3. The Kier molecular flexibility index (Phi) is 9.33. The third kappa shape index (κ3) is 8.10. The van der Waals surface area contributed by atoms with Gasteiger partial charge in [-0.3, -0.25) is 4.79 Å². The molecule has 0 spiro atoms. The number of halogens is 4. The van der Waals surface area contributed by atoms with Crippen molar-refractivity contribution in [2.75, 3.05) is 25.0 Å². The molecule has 2 heterocycles. The molecule has 11 heteroatoms. The number of aliphatic carboxylic acids is 1. The fourth-order valence-corrected chi connectivity index (χ4v) is 4.35. The van der Waals surface area contributed by atoms with Crippen molar-refractivity contribution in [3.8, 4) is 0 Å². The summed E-state index contributed by atoms with van der Waals surface area (Å²) in [4.78, 5) is 24.0. The Morgan fingerprint density at radius 2 is 1.74 bits per heavy atom. The van der Waals surface area contributed by atoms with E-state index in [0.29, 0.717) is 16.6 Å². The SMILES string of the molecule is O=C(Nc1ccnn1C1CCN(CC2CC=CCC2)CC1)c1ccc(Cl)cc1.O=C(O)C(F)(F)F. The smallest absolute Gasteiger partial charge is 0.475 e. The summed E-state index contributed by atoms with van der Waals surface area (Å²) in [5.41, 5.74) is 0.591. The molecule has 190 valence electrons. The van der Waals surface area contributed by atoms with Crippen molar-refractivity contribution >= 4 is 29.3 Å². The third-order valence-electron chi connectivity index (χ3n) is 6.06. The minimum absolute atomic E-state index is 0.138. The molecule has 1 aromatic carbocycles. The van der Waals surface area contributed by atoms with E-state index in [2.05, 4.69) is 27.5 Å². The second kappa shape index (κ2) is 12.2.